The fourth-order valence-electron chi connectivity index (χ4n) is 1.51. The number of pyridine rings is 2. The summed E-state index contributed by atoms with van der Waals surface area (Å²) in [5, 5.41) is 9.21. The van der Waals surface area contributed by atoms with Crippen molar-refractivity contribution in [2.45, 2.75) is 23.5 Å². The first-order chi connectivity index (χ1) is 9.00. The van der Waals surface area contributed by atoms with Gasteiger partial charge >= 0.3 is 5.97 Å². The molecule has 0 saturated heterocycles. The molecular weight excluding hydrogens is 260 g/mol. The zero-order valence-electron chi connectivity index (χ0n) is 10.7. The smallest absolute Gasteiger partial charge is 0.319 e. The third-order valence-electron chi connectivity index (χ3n) is 2.61. The molecule has 2 rings (SSSR count). The van der Waals surface area contributed by atoms with Crippen LogP contribution < -0.4 is 0 Å². The Hall–Kier alpha value is -1.88. The van der Waals surface area contributed by atoms with Crippen molar-refractivity contribution in [3.05, 3.63) is 42.9 Å². The minimum absolute atomic E-state index is 0.814. The van der Waals surface area contributed by atoms with Gasteiger partial charge in [0.25, 0.3) is 0 Å². The van der Waals surface area contributed by atoms with Gasteiger partial charge < -0.3 is 5.11 Å². The number of carboxylic acids is 1. The molecule has 0 saturated carbocycles. The van der Waals surface area contributed by atoms with Crippen LogP contribution in [0.5, 0.6) is 0 Å². The van der Waals surface area contributed by atoms with Crippen molar-refractivity contribution in [2.24, 2.45) is 0 Å². The molecule has 0 aliphatic carbocycles. The monoisotopic (exact) mass is 274 g/mol. The maximum atomic E-state index is 11.2. The lowest BCUT2D eigenvalue weighted by Crippen LogP contribution is -2.27. The lowest BCUT2D eigenvalue weighted by molar-refractivity contribution is -0.138. The van der Waals surface area contributed by atoms with Gasteiger partial charge in [-0.25, -0.2) is 0 Å². The fraction of sp³-hybridized carbons (Fsp3) is 0.214. The van der Waals surface area contributed by atoms with E-state index in [2.05, 4.69) is 9.97 Å². The maximum Gasteiger partial charge on any atom is 0.319 e. The van der Waals surface area contributed by atoms with Crippen LogP contribution in [0.25, 0.3) is 11.3 Å². The fourth-order valence-corrected chi connectivity index (χ4v) is 2.55. The van der Waals surface area contributed by atoms with Gasteiger partial charge in [0, 0.05) is 29.0 Å². The Morgan fingerprint density at radius 1 is 1.26 bits per heavy atom. The van der Waals surface area contributed by atoms with Crippen molar-refractivity contribution in [3.63, 3.8) is 0 Å². The number of aromatic nitrogens is 2. The maximum absolute atomic E-state index is 11.2. The summed E-state index contributed by atoms with van der Waals surface area (Å²) in [5.41, 5.74) is 1.71. The zero-order valence-corrected chi connectivity index (χ0v) is 11.5. The molecule has 0 unspecified atom stereocenters. The Labute approximate surface area is 115 Å². The van der Waals surface area contributed by atoms with Gasteiger partial charge in [-0.1, -0.05) is 6.07 Å². The molecule has 2 aromatic heterocycles. The van der Waals surface area contributed by atoms with Crippen LogP contribution >= 0.6 is 11.8 Å². The van der Waals surface area contributed by atoms with Crippen LogP contribution in [0.3, 0.4) is 0 Å². The minimum Gasteiger partial charge on any atom is -0.480 e. The highest BCUT2D eigenvalue weighted by molar-refractivity contribution is 8.01. The number of carbonyl (C=O) groups is 1. The molecule has 1 N–H and O–H groups in total. The van der Waals surface area contributed by atoms with E-state index in [0.717, 1.165) is 16.2 Å². The summed E-state index contributed by atoms with van der Waals surface area (Å²) in [6.07, 6.45) is 5.08. The van der Waals surface area contributed by atoms with Crippen molar-refractivity contribution in [2.75, 3.05) is 0 Å². The molecule has 98 valence electrons. The van der Waals surface area contributed by atoms with E-state index in [1.165, 1.54) is 11.8 Å². The van der Waals surface area contributed by atoms with Gasteiger partial charge in [0.05, 0.1) is 5.69 Å². The Balaban J connectivity index is 2.40. The lowest BCUT2D eigenvalue weighted by Gasteiger charge is -2.19. The van der Waals surface area contributed by atoms with Crippen molar-refractivity contribution in [1.82, 2.24) is 9.97 Å². The van der Waals surface area contributed by atoms with Gasteiger partial charge in [0.2, 0.25) is 0 Å². The van der Waals surface area contributed by atoms with Crippen LogP contribution in [0.15, 0.2) is 47.8 Å². The van der Waals surface area contributed by atoms with Gasteiger partial charge in [-0.3, -0.25) is 14.8 Å². The van der Waals surface area contributed by atoms with Gasteiger partial charge in [0.1, 0.15) is 4.75 Å². The van der Waals surface area contributed by atoms with E-state index < -0.39 is 10.7 Å². The van der Waals surface area contributed by atoms with Crippen LogP contribution in [0.2, 0.25) is 0 Å². The Morgan fingerprint density at radius 3 is 2.68 bits per heavy atom. The second-order valence-corrected chi connectivity index (χ2v) is 6.17. The van der Waals surface area contributed by atoms with Gasteiger partial charge in [-0.15, -0.1) is 11.8 Å². The second kappa shape index (κ2) is 5.40. The molecule has 2 aromatic rings. The molecule has 0 bridgehead atoms. The number of thioether (sulfide) groups is 1. The number of hydrogen-bond donors (Lipinski definition) is 1. The highest BCUT2D eigenvalue weighted by Crippen LogP contribution is 2.37. The number of hydrogen-bond acceptors (Lipinski definition) is 4. The van der Waals surface area contributed by atoms with E-state index in [1.54, 1.807) is 32.4 Å². The average molecular weight is 274 g/mol. The molecule has 5 heteroatoms. The minimum atomic E-state index is -0.910. The number of aliphatic carboxylic acids is 1. The Bertz CT molecular complexity index is 585. The summed E-state index contributed by atoms with van der Waals surface area (Å²) in [7, 11) is 0. The normalized spacial score (nSPS) is 11.3. The SMILES string of the molecule is CC(C)(Sc1cnccc1-c1ccccn1)C(=O)O. The van der Waals surface area contributed by atoms with Crippen molar-refractivity contribution >= 4 is 17.7 Å². The molecule has 0 aliphatic rings. The first kappa shape index (κ1) is 13.5. The molecule has 19 heavy (non-hydrogen) atoms. The van der Waals surface area contributed by atoms with E-state index >= 15 is 0 Å². The third-order valence-corrected chi connectivity index (χ3v) is 3.84. The molecule has 0 radical (unpaired) electrons. The third kappa shape index (κ3) is 3.12. The number of carboxylic acid groups (broad SMARTS) is 1. The van der Waals surface area contributed by atoms with E-state index in [-0.39, 0.29) is 0 Å². The van der Waals surface area contributed by atoms with Gasteiger partial charge in [-0.05, 0) is 32.0 Å². The zero-order chi connectivity index (χ0) is 13.9. The lowest BCUT2D eigenvalue weighted by atomic mass is 10.2. The van der Waals surface area contributed by atoms with Gasteiger partial charge in [0.15, 0.2) is 0 Å². The Morgan fingerprint density at radius 2 is 2.05 bits per heavy atom. The molecule has 0 spiro atoms. The summed E-state index contributed by atoms with van der Waals surface area (Å²) in [4.78, 5) is 20.4. The predicted molar refractivity (Wildman–Crippen MR) is 75.0 cm³/mol. The van der Waals surface area contributed by atoms with Crippen molar-refractivity contribution in [1.29, 1.82) is 0 Å². The summed E-state index contributed by atoms with van der Waals surface area (Å²) in [6, 6.07) is 7.49. The van der Waals surface area contributed by atoms with Crippen LogP contribution in [-0.2, 0) is 4.79 Å². The van der Waals surface area contributed by atoms with E-state index in [1.807, 2.05) is 24.3 Å². The summed E-state index contributed by atoms with van der Waals surface area (Å²) in [5.74, 6) is -0.853. The van der Waals surface area contributed by atoms with Crippen LogP contribution in [0.4, 0.5) is 0 Å². The molecule has 0 amide bonds. The molecule has 2 heterocycles. The van der Waals surface area contributed by atoms with E-state index in [4.69, 9.17) is 0 Å². The molecule has 0 atom stereocenters. The molecule has 4 nitrogen and oxygen atoms in total. The van der Waals surface area contributed by atoms with E-state index in [0.29, 0.717) is 0 Å². The molecular formula is C14H14N2O2S. The highest BCUT2D eigenvalue weighted by atomic mass is 32.2. The van der Waals surface area contributed by atoms with Crippen LogP contribution in [0, 0.1) is 0 Å². The summed E-state index contributed by atoms with van der Waals surface area (Å²) < 4.78 is -0.910. The van der Waals surface area contributed by atoms with E-state index in [9.17, 15) is 9.90 Å². The molecule has 0 aliphatic heterocycles. The first-order valence-electron chi connectivity index (χ1n) is 5.78. The standard InChI is InChI=1S/C14H14N2O2S/c1-14(2,13(17)18)19-12-9-15-8-6-10(12)11-5-3-4-7-16-11/h3-9H,1-2H3,(H,17,18). The second-order valence-electron chi connectivity index (χ2n) is 4.50. The molecule has 0 aromatic carbocycles. The average Bonchev–Trinajstić information content (AvgIpc) is 2.40. The van der Waals surface area contributed by atoms with Crippen molar-refractivity contribution < 1.29 is 9.90 Å². The largest absolute Gasteiger partial charge is 0.480 e. The highest BCUT2D eigenvalue weighted by Gasteiger charge is 2.29. The first-order valence-corrected chi connectivity index (χ1v) is 6.60. The summed E-state index contributed by atoms with van der Waals surface area (Å²) >= 11 is 1.27. The number of rotatable bonds is 4. The van der Waals surface area contributed by atoms with Crippen molar-refractivity contribution in [3.8, 4) is 11.3 Å². The quantitative estimate of drug-likeness (QED) is 0.868. The molecule has 0 fully saturated rings. The van der Waals surface area contributed by atoms with Gasteiger partial charge in [-0.2, -0.15) is 0 Å². The summed E-state index contributed by atoms with van der Waals surface area (Å²) in [6.45, 7) is 3.35. The number of nitrogens with zero attached hydrogens (tertiary/aromatic N) is 2. The van der Waals surface area contributed by atoms with Crippen LogP contribution in [0.1, 0.15) is 13.8 Å². The Kier molecular flexibility index (Phi) is 3.85. The predicted octanol–water partition coefficient (Wildman–Crippen LogP) is 3.10. The van der Waals surface area contributed by atoms with Crippen LogP contribution in [-0.4, -0.2) is 25.8 Å². The topological polar surface area (TPSA) is 63.1 Å².